The summed E-state index contributed by atoms with van der Waals surface area (Å²) in [5, 5.41) is 3.34. The average molecular weight is 258 g/mol. The number of benzene rings is 1. The van der Waals surface area contributed by atoms with E-state index < -0.39 is 6.17 Å². The summed E-state index contributed by atoms with van der Waals surface area (Å²) < 4.78 is 14.3. The Labute approximate surface area is 91.8 Å². The van der Waals surface area contributed by atoms with Crippen LogP contribution in [-0.4, -0.2) is 12.7 Å². The zero-order valence-electron chi connectivity index (χ0n) is 7.84. The first kappa shape index (κ1) is 10.1. The lowest BCUT2D eigenvalue weighted by molar-refractivity contribution is 0.223. The highest BCUT2D eigenvalue weighted by atomic mass is 79.9. The van der Waals surface area contributed by atoms with Crippen molar-refractivity contribution >= 4 is 15.9 Å². The van der Waals surface area contributed by atoms with E-state index in [0.717, 1.165) is 16.6 Å². The molecule has 1 aliphatic heterocycles. The Morgan fingerprint density at radius 1 is 1.36 bits per heavy atom. The third-order valence-electron chi connectivity index (χ3n) is 2.62. The summed E-state index contributed by atoms with van der Waals surface area (Å²) in [6.07, 6.45) is 0.567. The second kappa shape index (κ2) is 4.41. The third kappa shape index (κ3) is 2.15. The molecule has 76 valence electrons. The van der Waals surface area contributed by atoms with Crippen molar-refractivity contribution in [3.63, 3.8) is 0 Å². The van der Waals surface area contributed by atoms with Crippen molar-refractivity contribution in [2.45, 2.75) is 25.1 Å². The fourth-order valence-corrected chi connectivity index (χ4v) is 2.43. The van der Waals surface area contributed by atoms with Gasteiger partial charge in [0.25, 0.3) is 0 Å². The highest BCUT2D eigenvalue weighted by Crippen LogP contribution is 2.29. The molecule has 1 fully saturated rings. The Hall–Kier alpha value is -0.410. The van der Waals surface area contributed by atoms with Crippen LogP contribution in [0.2, 0.25) is 0 Å². The molecule has 1 aliphatic rings. The lowest BCUT2D eigenvalue weighted by Crippen LogP contribution is -2.32. The largest absolute Gasteiger partial charge is 0.310 e. The quantitative estimate of drug-likeness (QED) is 0.815. The van der Waals surface area contributed by atoms with Crippen LogP contribution in [-0.2, 0) is 0 Å². The molecule has 0 aliphatic carbocycles. The van der Waals surface area contributed by atoms with Crippen molar-refractivity contribution in [2.75, 3.05) is 6.54 Å². The number of nitrogens with one attached hydrogen (secondary N) is 1. The zero-order valence-corrected chi connectivity index (χ0v) is 9.43. The predicted molar refractivity (Wildman–Crippen MR) is 59.0 cm³/mol. The van der Waals surface area contributed by atoms with E-state index in [-0.39, 0.29) is 6.04 Å². The second-order valence-electron chi connectivity index (χ2n) is 3.65. The molecule has 0 bridgehead atoms. The minimum Gasteiger partial charge on any atom is -0.310 e. The molecule has 0 saturated carbocycles. The number of piperidine rings is 1. The molecule has 1 aromatic rings. The van der Waals surface area contributed by atoms with Crippen molar-refractivity contribution in [1.29, 1.82) is 0 Å². The molecule has 0 radical (unpaired) electrons. The van der Waals surface area contributed by atoms with Gasteiger partial charge in [-0.25, -0.2) is 4.39 Å². The Balaban J connectivity index is 2.18. The summed E-state index contributed by atoms with van der Waals surface area (Å²) in [5.74, 6) is 0. The van der Waals surface area contributed by atoms with Gasteiger partial charge in [0, 0.05) is 10.5 Å². The van der Waals surface area contributed by atoms with E-state index >= 15 is 0 Å². The lowest BCUT2D eigenvalue weighted by atomic mass is 9.96. The van der Waals surface area contributed by atoms with E-state index in [4.69, 9.17) is 0 Å². The van der Waals surface area contributed by atoms with Gasteiger partial charge >= 0.3 is 0 Å². The van der Waals surface area contributed by atoms with Gasteiger partial charge in [0.1, 0.15) is 6.17 Å². The van der Waals surface area contributed by atoms with E-state index in [0.29, 0.717) is 12.8 Å². The molecule has 1 aromatic carbocycles. The van der Waals surface area contributed by atoms with Gasteiger partial charge in [-0.05, 0) is 31.0 Å². The van der Waals surface area contributed by atoms with Crippen LogP contribution in [0.25, 0.3) is 0 Å². The molecule has 1 N–H and O–H groups in total. The van der Waals surface area contributed by atoms with Crippen molar-refractivity contribution in [3.05, 3.63) is 34.3 Å². The molecule has 2 unspecified atom stereocenters. The molecular weight excluding hydrogens is 245 g/mol. The van der Waals surface area contributed by atoms with Crippen LogP contribution in [0.5, 0.6) is 0 Å². The van der Waals surface area contributed by atoms with Crippen molar-refractivity contribution in [1.82, 2.24) is 5.32 Å². The molecule has 14 heavy (non-hydrogen) atoms. The summed E-state index contributed by atoms with van der Waals surface area (Å²) in [7, 11) is 0. The van der Waals surface area contributed by atoms with E-state index in [2.05, 4.69) is 21.2 Å². The normalized spacial score (nSPS) is 27.6. The Kier molecular flexibility index (Phi) is 3.19. The fraction of sp³-hybridized carbons (Fsp3) is 0.455. The number of hydrogen-bond donors (Lipinski definition) is 1. The van der Waals surface area contributed by atoms with Gasteiger partial charge in [-0.2, -0.15) is 0 Å². The summed E-state index contributed by atoms with van der Waals surface area (Å²) in [6.45, 7) is 0.771. The number of hydrogen-bond acceptors (Lipinski definition) is 1. The summed E-state index contributed by atoms with van der Waals surface area (Å²) in [6, 6.07) is 8.17. The molecular formula is C11H13BrFN. The summed E-state index contributed by atoms with van der Waals surface area (Å²) >= 11 is 3.49. The lowest BCUT2D eigenvalue weighted by Gasteiger charge is -2.27. The zero-order chi connectivity index (χ0) is 9.97. The number of alkyl halides is 1. The molecule has 1 saturated heterocycles. The van der Waals surface area contributed by atoms with Crippen molar-refractivity contribution < 1.29 is 4.39 Å². The minimum atomic E-state index is -0.659. The van der Waals surface area contributed by atoms with E-state index in [9.17, 15) is 4.39 Å². The van der Waals surface area contributed by atoms with Gasteiger partial charge in [-0.1, -0.05) is 34.1 Å². The molecule has 2 rings (SSSR count). The van der Waals surface area contributed by atoms with Crippen molar-refractivity contribution in [2.24, 2.45) is 0 Å². The van der Waals surface area contributed by atoms with Crippen LogP contribution in [0.1, 0.15) is 24.4 Å². The van der Waals surface area contributed by atoms with Crippen LogP contribution >= 0.6 is 15.9 Å². The topological polar surface area (TPSA) is 12.0 Å². The third-order valence-corrected chi connectivity index (χ3v) is 3.34. The SMILES string of the molecule is FC1CCNC(c2ccccc2Br)C1. The van der Waals surface area contributed by atoms with Crippen LogP contribution in [0.3, 0.4) is 0 Å². The highest BCUT2D eigenvalue weighted by molar-refractivity contribution is 9.10. The molecule has 3 heteroatoms. The molecule has 0 aromatic heterocycles. The molecule has 1 heterocycles. The standard InChI is InChI=1S/C11H13BrFN/c12-10-4-2-1-3-9(10)11-7-8(13)5-6-14-11/h1-4,8,11,14H,5-7H2. The molecule has 2 atom stereocenters. The van der Waals surface area contributed by atoms with Gasteiger partial charge in [-0.3, -0.25) is 0 Å². The Morgan fingerprint density at radius 3 is 2.86 bits per heavy atom. The van der Waals surface area contributed by atoms with Gasteiger partial charge in [0.05, 0.1) is 0 Å². The van der Waals surface area contributed by atoms with Gasteiger partial charge in [-0.15, -0.1) is 0 Å². The van der Waals surface area contributed by atoms with Crippen LogP contribution in [0.15, 0.2) is 28.7 Å². The second-order valence-corrected chi connectivity index (χ2v) is 4.50. The number of halogens is 2. The number of rotatable bonds is 1. The monoisotopic (exact) mass is 257 g/mol. The van der Waals surface area contributed by atoms with Crippen LogP contribution in [0, 0.1) is 0 Å². The minimum absolute atomic E-state index is 0.161. The van der Waals surface area contributed by atoms with Gasteiger partial charge in [0.2, 0.25) is 0 Å². The van der Waals surface area contributed by atoms with Crippen LogP contribution < -0.4 is 5.32 Å². The summed E-state index contributed by atoms with van der Waals surface area (Å²) in [5.41, 5.74) is 1.16. The molecule has 0 amide bonds. The first-order valence-corrected chi connectivity index (χ1v) is 5.68. The fourth-order valence-electron chi connectivity index (χ4n) is 1.87. The smallest absolute Gasteiger partial charge is 0.103 e. The summed E-state index contributed by atoms with van der Waals surface area (Å²) in [4.78, 5) is 0. The van der Waals surface area contributed by atoms with Crippen molar-refractivity contribution in [3.8, 4) is 0 Å². The maximum absolute atomic E-state index is 13.2. The highest BCUT2D eigenvalue weighted by Gasteiger charge is 2.23. The molecule has 1 nitrogen and oxygen atoms in total. The first-order chi connectivity index (χ1) is 6.77. The van der Waals surface area contributed by atoms with Gasteiger partial charge < -0.3 is 5.32 Å². The maximum atomic E-state index is 13.2. The Morgan fingerprint density at radius 2 is 2.14 bits per heavy atom. The van der Waals surface area contributed by atoms with Crippen LogP contribution in [0.4, 0.5) is 4.39 Å². The van der Waals surface area contributed by atoms with Gasteiger partial charge in [0.15, 0.2) is 0 Å². The maximum Gasteiger partial charge on any atom is 0.103 e. The molecule has 0 spiro atoms. The predicted octanol–water partition coefficient (Wildman–Crippen LogP) is 3.21. The van der Waals surface area contributed by atoms with E-state index in [1.54, 1.807) is 0 Å². The van der Waals surface area contributed by atoms with E-state index in [1.807, 2.05) is 24.3 Å². The average Bonchev–Trinajstić information content (AvgIpc) is 2.18. The first-order valence-electron chi connectivity index (χ1n) is 4.89. The Bertz CT molecular complexity index is 316. The van der Waals surface area contributed by atoms with E-state index in [1.165, 1.54) is 0 Å².